The van der Waals surface area contributed by atoms with Crippen molar-refractivity contribution in [2.45, 2.75) is 33.9 Å². The Hall–Kier alpha value is -2.10. The van der Waals surface area contributed by atoms with Crippen LogP contribution in [0.15, 0.2) is 30.3 Å². The van der Waals surface area contributed by atoms with Crippen LogP contribution in [0.5, 0.6) is 5.75 Å². The summed E-state index contributed by atoms with van der Waals surface area (Å²) in [6.07, 6.45) is 0. The number of carbonyl (C=O) groups excluding carboxylic acids is 1. The van der Waals surface area contributed by atoms with E-state index >= 15 is 0 Å². The average molecular weight is 258 g/mol. The molecule has 4 heteroatoms. The first kappa shape index (κ1) is 13.3. The number of ketones is 1. The van der Waals surface area contributed by atoms with Gasteiger partial charge >= 0.3 is 0 Å². The number of rotatable bonds is 5. The standard InChI is InChI=1S/C15H18N2O2/c1-4-17-14(8-11(2)16-17)10-19-15-7-5-6-13(9-15)12(3)18/h5-9H,4,10H2,1-3H3. The summed E-state index contributed by atoms with van der Waals surface area (Å²) in [6.45, 7) is 6.84. The molecular weight excluding hydrogens is 240 g/mol. The van der Waals surface area contributed by atoms with E-state index in [1.54, 1.807) is 19.1 Å². The number of aromatic nitrogens is 2. The van der Waals surface area contributed by atoms with Gasteiger partial charge < -0.3 is 4.74 Å². The first-order chi connectivity index (χ1) is 9.10. The van der Waals surface area contributed by atoms with E-state index in [1.807, 2.05) is 36.7 Å². The highest BCUT2D eigenvalue weighted by atomic mass is 16.5. The lowest BCUT2D eigenvalue weighted by Gasteiger charge is -2.08. The van der Waals surface area contributed by atoms with Crippen LogP contribution in [-0.4, -0.2) is 15.6 Å². The van der Waals surface area contributed by atoms with Gasteiger partial charge in [-0.25, -0.2) is 0 Å². The van der Waals surface area contributed by atoms with Gasteiger partial charge in [0.2, 0.25) is 0 Å². The van der Waals surface area contributed by atoms with E-state index in [0.717, 1.165) is 17.9 Å². The third kappa shape index (κ3) is 3.22. The minimum Gasteiger partial charge on any atom is -0.487 e. The fraction of sp³-hybridized carbons (Fsp3) is 0.333. The Morgan fingerprint density at radius 2 is 2.16 bits per heavy atom. The zero-order valence-corrected chi connectivity index (χ0v) is 11.5. The van der Waals surface area contributed by atoms with Gasteiger partial charge in [0.05, 0.1) is 11.4 Å². The van der Waals surface area contributed by atoms with E-state index in [4.69, 9.17) is 4.74 Å². The van der Waals surface area contributed by atoms with E-state index in [2.05, 4.69) is 5.10 Å². The predicted octanol–water partition coefficient (Wildman–Crippen LogP) is 2.99. The minimum absolute atomic E-state index is 0.0416. The van der Waals surface area contributed by atoms with Crippen LogP contribution in [0, 0.1) is 6.92 Å². The smallest absolute Gasteiger partial charge is 0.159 e. The number of hydrogen-bond donors (Lipinski definition) is 0. The Balaban J connectivity index is 2.09. The molecule has 4 nitrogen and oxygen atoms in total. The first-order valence-corrected chi connectivity index (χ1v) is 6.37. The molecule has 0 aliphatic rings. The molecule has 1 aromatic heterocycles. The molecule has 0 unspecified atom stereocenters. The SMILES string of the molecule is CCn1nc(C)cc1COc1cccc(C(C)=O)c1. The predicted molar refractivity (Wildman–Crippen MR) is 73.4 cm³/mol. The molecule has 0 bridgehead atoms. The van der Waals surface area contributed by atoms with Crippen molar-refractivity contribution in [1.29, 1.82) is 0 Å². The summed E-state index contributed by atoms with van der Waals surface area (Å²) in [5, 5.41) is 4.37. The topological polar surface area (TPSA) is 44.1 Å². The first-order valence-electron chi connectivity index (χ1n) is 6.37. The molecule has 0 saturated heterocycles. The fourth-order valence-corrected chi connectivity index (χ4v) is 1.95. The number of Topliss-reactive ketones (excluding diaryl/α,β-unsaturated/α-hetero) is 1. The van der Waals surface area contributed by atoms with Gasteiger partial charge in [0.25, 0.3) is 0 Å². The van der Waals surface area contributed by atoms with E-state index in [1.165, 1.54) is 0 Å². The minimum atomic E-state index is 0.0416. The van der Waals surface area contributed by atoms with Crippen LogP contribution in [-0.2, 0) is 13.2 Å². The Morgan fingerprint density at radius 1 is 1.37 bits per heavy atom. The van der Waals surface area contributed by atoms with Crippen molar-refractivity contribution in [1.82, 2.24) is 9.78 Å². The molecular formula is C15H18N2O2. The molecule has 19 heavy (non-hydrogen) atoms. The molecule has 2 aromatic rings. The second kappa shape index (κ2) is 5.69. The summed E-state index contributed by atoms with van der Waals surface area (Å²) in [5.74, 6) is 0.745. The molecule has 1 heterocycles. The second-order valence-electron chi connectivity index (χ2n) is 4.47. The molecule has 0 radical (unpaired) electrons. The Morgan fingerprint density at radius 3 is 2.84 bits per heavy atom. The largest absolute Gasteiger partial charge is 0.487 e. The zero-order chi connectivity index (χ0) is 13.8. The van der Waals surface area contributed by atoms with Gasteiger partial charge in [0, 0.05) is 12.1 Å². The molecule has 0 N–H and O–H groups in total. The average Bonchev–Trinajstić information content (AvgIpc) is 2.77. The Bertz CT molecular complexity index is 588. The van der Waals surface area contributed by atoms with Crippen molar-refractivity contribution in [2.75, 3.05) is 0 Å². The van der Waals surface area contributed by atoms with Gasteiger partial charge in [0.1, 0.15) is 12.4 Å². The van der Waals surface area contributed by atoms with Crippen molar-refractivity contribution >= 4 is 5.78 Å². The molecule has 2 rings (SSSR count). The zero-order valence-electron chi connectivity index (χ0n) is 11.5. The van der Waals surface area contributed by atoms with Crippen molar-refractivity contribution in [2.24, 2.45) is 0 Å². The summed E-state index contributed by atoms with van der Waals surface area (Å²) in [5.41, 5.74) is 2.68. The van der Waals surface area contributed by atoms with Crippen LogP contribution < -0.4 is 4.74 Å². The monoisotopic (exact) mass is 258 g/mol. The quantitative estimate of drug-likeness (QED) is 0.774. The van der Waals surface area contributed by atoms with Crippen molar-refractivity contribution in [3.05, 3.63) is 47.3 Å². The normalized spacial score (nSPS) is 10.5. The molecule has 0 fully saturated rings. The second-order valence-corrected chi connectivity index (χ2v) is 4.47. The maximum atomic E-state index is 11.3. The lowest BCUT2D eigenvalue weighted by Crippen LogP contribution is -2.06. The summed E-state index contributed by atoms with van der Waals surface area (Å²) in [7, 11) is 0. The highest BCUT2D eigenvalue weighted by molar-refractivity contribution is 5.94. The maximum Gasteiger partial charge on any atom is 0.159 e. The van der Waals surface area contributed by atoms with E-state index in [-0.39, 0.29) is 5.78 Å². The third-order valence-corrected chi connectivity index (χ3v) is 2.91. The van der Waals surface area contributed by atoms with Gasteiger partial charge in [-0.3, -0.25) is 9.48 Å². The molecule has 0 saturated carbocycles. The van der Waals surface area contributed by atoms with Crippen molar-refractivity contribution in [3.8, 4) is 5.75 Å². The summed E-state index contributed by atoms with van der Waals surface area (Å²) < 4.78 is 7.65. The van der Waals surface area contributed by atoms with Gasteiger partial charge in [-0.05, 0) is 39.0 Å². The molecule has 100 valence electrons. The maximum absolute atomic E-state index is 11.3. The summed E-state index contributed by atoms with van der Waals surface area (Å²) in [4.78, 5) is 11.3. The van der Waals surface area contributed by atoms with Crippen LogP contribution in [0.4, 0.5) is 0 Å². The van der Waals surface area contributed by atoms with E-state index < -0.39 is 0 Å². The molecule has 1 aromatic carbocycles. The van der Waals surface area contributed by atoms with Crippen LogP contribution in [0.1, 0.15) is 35.6 Å². The lowest BCUT2D eigenvalue weighted by atomic mass is 10.1. The molecule has 0 amide bonds. The van der Waals surface area contributed by atoms with E-state index in [0.29, 0.717) is 17.9 Å². The number of ether oxygens (including phenoxy) is 1. The van der Waals surface area contributed by atoms with Gasteiger partial charge in [0.15, 0.2) is 5.78 Å². The summed E-state index contributed by atoms with van der Waals surface area (Å²) in [6, 6.07) is 9.25. The van der Waals surface area contributed by atoms with Crippen LogP contribution in [0.25, 0.3) is 0 Å². The number of benzene rings is 1. The van der Waals surface area contributed by atoms with Gasteiger partial charge in [-0.1, -0.05) is 12.1 Å². The van der Waals surface area contributed by atoms with Crippen molar-refractivity contribution in [3.63, 3.8) is 0 Å². The lowest BCUT2D eigenvalue weighted by molar-refractivity contribution is 0.101. The van der Waals surface area contributed by atoms with Crippen molar-refractivity contribution < 1.29 is 9.53 Å². The Kier molecular flexibility index (Phi) is 4.00. The number of hydrogen-bond acceptors (Lipinski definition) is 3. The highest BCUT2D eigenvalue weighted by Crippen LogP contribution is 2.16. The molecule has 0 spiro atoms. The number of nitrogens with zero attached hydrogens (tertiary/aromatic N) is 2. The van der Waals surface area contributed by atoms with Gasteiger partial charge in [-0.2, -0.15) is 5.10 Å². The van der Waals surface area contributed by atoms with Crippen LogP contribution >= 0.6 is 0 Å². The highest BCUT2D eigenvalue weighted by Gasteiger charge is 2.06. The molecule has 0 atom stereocenters. The Labute approximate surface area is 113 Å². The number of carbonyl (C=O) groups is 1. The third-order valence-electron chi connectivity index (χ3n) is 2.91. The molecule has 0 aliphatic heterocycles. The molecule has 0 aliphatic carbocycles. The van der Waals surface area contributed by atoms with Crippen LogP contribution in [0.3, 0.4) is 0 Å². The fourth-order valence-electron chi connectivity index (χ4n) is 1.95. The summed E-state index contributed by atoms with van der Waals surface area (Å²) >= 11 is 0. The number of aryl methyl sites for hydroxylation is 2. The van der Waals surface area contributed by atoms with Gasteiger partial charge in [-0.15, -0.1) is 0 Å². The van der Waals surface area contributed by atoms with E-state index in [9.17, 15) is 4.79 Å². The van der Waals surface area contributed by atoms with Crippen LogP contribution in [0.2, 0.25) is 0 Å².